The van der Waals surface area contributed by atoms with Crippen LogP contribution >= 0.6 is 0 Å². The first-order chi connectivity index (χ1) is 19.6. The van der Waals surface area contributed by atoms with Crippen molar-refractivity contribution in [1.82, 2.24) is 20.5 Å². The SMILES string of the molecule is CC/C=C\C/C=C\C/C=C\C/C=C\C/C=C\CCCC(=O)NCCNC(=O)[C@@H]1CCCN1C(=O)c1cccnc1. The molecule has 1 saturated heterocycles. The molecule has 0 saturated carbocycles. The number of nitrogens with one attached hydrogen (secondary N) is 2. The van der Waals surface area contributed by atoms with Crippen LogP contribution in [0.25, 0.3) is 0 Å². The molecular weight excluding hydrogens is 500 g/mol. The molecule has 0 aromatic carbocycles. The van der Waals surface area contributed by atoms with Crippen molar-refractivity contribution in [2.45, 2.75) is 77.2 Å². The molecule has 0 unspecified atom stereocenters. The Balaban J connectivity index is 1.48. The Labute approximate surface area is 240 Å². The van der Waals surface area contributed by atoms with Crippen molar-refractivity contribution in [1.29, 1.82) is 0 Å². The number of nitrogens with zero attached hydrogens (tertiary/aromatic N) is 2. The molecule has 2 heterocycles. The maximum atomic E-state index is 12.7. The van der Waals surface area contributed by atoms with Crippen molar-refractivity contribution in [3.05, 3.63) is 90.9 Å². The monoisotopic (exact) mass is 546 g/mol. The summed E-state index contributed by atoms with van der Waals surface area (Å²) in [4.78, 5) is 43.0. The number of allylic oxidation sites excluding steroid dienone is 10. The quantitative estimate of drug-likeness (QED) is 0.179. The highest BCUT2D eigenvalue weighted by atomic mass is 16.2. The number of hydrogen-bond acceptors (Lipinski definition) is 4. The highest BCUT2D eigenvalue weighted by Gasteiger charge is 2.34. The zero-order chi connectivity index (χ0) is 28.7. The van der Waals surface area contributed by atoms with Crippen LogP contribution in [-0.4, -0.2) is 53.3 Å². The third-order valence-electron chi connectivity index (χ3n) is 6.40. The van der Waals surface area contributed by atoms with Gasteiger partial charge in [-0.15, -0.1) is 0 Å². The zero-order valence-corrected chi connectivity index (χ0v) is 24.0. The van der Waals surface area contributed by atoms with Gasteiger partial charge in [0, 0.05) is 38.4 Å². The highest BCUT2D eigenvalue weighted by Crippen LogP contribution is 2.20. The number of hydrogen-bond donors (Lipinski definition) is 2. The average Bonchev–Trinajstić information content (AvgIpc) is 3.47. The van der Waals surface area contributed by atoms with Crippen molar-refractivity contribution in [3.8, 4) is 0 Å². The number of aromatic nitrogens is 1. The molecular formula is C33H46N4O3. The van der Waals surface area contributed by atoms with E-state index in [9.17, 15) is 14.4 Å². The lowest BCUT2D eigenvalue weighted by molar-refractivity contribution is -0.125. The Morgan fingerprint density at radius 3 is 2.15 bits per heavy atom. The summed E-state index contributed by atoms with van der Waals surface area (Å²) >= 11 is 0. The number of carbonyl (C=O) groups excluding carboxylic acids is 3. The molecule has 0 spiro atoms. The van der Waals surface area contributed by atoms with Gasteiger partial charge >= 0.3 is 0 Å². The fourth-order valence-corrected chi connectivity index (χ4v) is 4.28. The second-order valence-corrected chi connectivity index (χ2v) is 9.64. The summed E-state index contributed by atoms with van der Waals surface area (Å²) in [7, 11) is 0. The van der Waals surface area contributed by atoms with E-state index in [1.54, 1.807) is 23.2 Å². The van der Waals surface area contributed by atoms with E-state index in [1.165, 1.54) is 6.20 Å². The maximum Gasteiger partial charge on any atom is 0.256 e. The molecule has 1 aromatic heterocycles. The van der Waals surface area contributed by atoms with Crippen LogP contribution in [0.1, 0.15) is 81.5 Å². The molecule has 40 heavy (non-hydrogen) atoms. The number of carbonyl (C=O) groups is 3. The van der Waals surface area contributed by atoms with Gasteiger partial charge in [0.25, 0.3) is 5.91 Å². The van der Waals surface area contributed by atoms with Gasteiger partial charge in [0.05, 0.1) is 5.56 Å². The van der Waals surface area contributed by atoms with Crippen LogP contribution in [0.2, 0.25) is 0 Å². The summed E-state index contributed by atoms with van der Waals surface area (Å²) in [5.74, 6) is -0.371. The molecule has 216 valence electrons. The lowest BCUT2D eigenvalue weighted by Gasteiger charge is -2.24. The summed E-state index contributed by atoms with van der Waals surface area (Å²) in [6.07, 6.45) is 33.3. The minimum atomic E-state index is -0.480. The Kier molecular flexibility index (Phi) is 17.2. The number of rotatable bonds is 18. The van der Waals surface area contributed by atoms with E-state index in [0.717, 1.165) is 51.4 Å². The van der Waals surface area contributed by atoms with Gasteiger partial charge in [0.15, 0.2) is 0 Å². The Bertz CT molecular complexity index is 1030. The fraction of sp³-hybridized carbons (Fsp3) is 0.455. The van der Waals surface area contributed by atoms with Gasteiger partial charge in [-0.25, -0.2) is 0 Å². The first-order valence-corrected chi connectivity index (χ1v) is 14.6. The van der Waals surface area contributed by atoms with Gasteiger partial charge in [-0.05, 0) is 69.9 Å². The van der Waals surface area contributed by atoms with Crippen LogP contribution in [0, 0.1) is 0 Å². The molecule has 1 fully saturated rings. The van der Waals surface area contributed by atoms with E-state index in [1.807, 2.05) is 0 Å². The second kappa shape index (κ2) is 21.1. The van der Waals surface area contributed by atoms with Crippen molar-refractivity contribution < 1.29 is 14.4 Å². The summed E-state index contributed by atoms with van der Waals surface area (Å²) in [6.45, 7) is 3.41. The Morgan fingerprint density at radius 2 is 1.52 bits per heavy atom. The van der Waals surface area contributed by atoms with Crippen LogP contribution in [0.15, 0.2) is 85.3 Å². The first kappa shape index (κ1) is 32.5. The average molecular weight is 547 g/mol. The fourth-order valence-electron chi connectivity index (χ4n) is 4.28. The molecule has 3 amide bonds. The lowest BCUT2D eigenvalue weighted by Crippen LogP contribution is -2.47. The van der Waals surface area contributed by atoms with E-state index in [0.29, 0.717) is 38.0 Å². The minimum Gasteiger partial charge on any atom is -0.354 e. The van der Waals surface area contributed by atoms with Gasteiger partial charge in [0.2, 0.25) is 11.8 Å². The molecule has 2 rings (SSSR count). The Morgan fingerprint density at radius 1 is 0.900 bits per heavy atom. The van der Waals surface area contributed by atoms with Gasteiger partial charge < -0.3 is 15.5 Å². The van der Waals surface area contributed by atoms with Crippen molar-refractivity contribution in [2.75, 3.05) is 19.6 Å². The third-order valence-corrected chi connectivity index (χ3v) is 6.40. The topological polar surface area (TPSA) is 91.4 Å². The number of amides is 3. The molecule has 7 heteroatoms. The van der Waals surface area contributed by atoms with Gasteiger partial charge in [-0.1, -0.05) is 67.7 Å². The van der Waals surface area contributed by atoms with E-state index >= 15 is 0 Å². The predicted octanol–water partition coefficient (Wildman–Crippen LogP) is 5.84. The van der Waals surface area contributed by atoms with Crippen molar-refractivity contribution in [3.63, 3.8) is 0 Å². The molecule has 2 N–H and O–H groups in total. The smallest absolute Gasteiger partial charge is 0.256 e. The molecule has 1 aliphatic rings. The molecule has 0 bridgehead atoms. The van der Waals surface area contributed by atoms with Crippen LogP contribution in [0.3, 0.4) is 0 Å². The van der Waals surface area contributed by atoms with E-state index in [4.69, 9.17) is 0 Å². The normalized spacial score (nSPS) is 15.8. The lowest BCUT2D eigenvalue weighted by atomic mass is 10.2. The summed E-state index contributed by atoms with van der Waals surface area (Å²) in [5, 5.41) is 5.70. The van der Waals surface area contributed by atoms with Crippen LogP contribution < -0.4 is 10.6 Å². The molecule has 1 aromatic rings. The van der Waals surface area contributed by atoms with Crippen molar-refractivity contribution >= 4 is 17.7 Å². The Hall–Kier alpha value is -3.74. The standard InChI is InChI=1S/C33H46N4O3/c1-2-3-4-5-6-7-8-9-10-11-12-13-14-15-16-17-18-23-31(38)35-25-26-36-32(39)30-22-20-27-37(30)33(40)29-21-19-24-34-28-29/h3-4,6-7,9-10,12-13,15-16,19,21,24,28,30H,2,5,8,11,14,17-18,20,22-23,25-27H2,1H3,(H,35,38)(H,36,39)/b4-3-,7-6-,10-9-,13-12-,16-15-/t30-/m0/s1. The van der Waals surface area contributed by atoms with Crippen LogP contribution in [0.5, 0.6) is 0 Å². The van der Waals surface area contributed by atoms with E-state index in [2.05, 4.69) is 83.3 Å². The predicted molar refractivity (Wildman–Crippen MR) is 163 cm³/mol. The van der Waals surface area contributed by atoms with Crippen LogP contribution in [-0.2, 0) is 9.59 Å². The molecule has 1 aliphatic heterocycles. The zero-order valence-electron chi connectivity index (χ0n) is 24.0. The number of unbranched alkanes of at least 4 members (excludes halogenated alkanes) is 1. The summed E-state index contributed by atoms with van der Waals surface area (Å²) in [5.41, 5.74) is 0.485. The maximum absolute atomic E-state index is 12.7. The molecule has 0 aliphatic carbocycles. The van der Waals surface area contributed by atoms with Gasteiger partial charge in [-0.2, -0.15) is 0 Å². The van der Waals surface area contributed by atoms with Gasteiger partial charge in [-0.3, -0.25) is 19.4 Å². The van der Waals surface area contributed by atoms with E-state index < -0.39 is 6.04 Å². The minimum absolute atomic E-state index is 0.0177. The number of pyridine rings is 1. The van der Waals surface area contributed by atoms with Gasteiger partial charge in [0.1, 0.15) is 6.04 Å². The molecule has 7 nitrogen and oxygen atoms in total. The highest BCUT2D eigenvalue weighted by molar-refractivity contribution is 5.97. The van der Waals surface area contributed by atoms with E-state index in [-0.39, 0.29) is 17.7 Å². The molecule has 1 atom stereocenters. The summed E-state index contributed by atoms with van der Waals surface area (Å²) in [6, 6.07) is 2.94. The first-order valence-electron chi connectivity index (χ1n) is 14.6. The second-order valence-electron chi connectivity index (χ2n) is 9.64. The van der Waals surface area contributed by atoms with Crippen molar-refractivity contribution in [2.24, 2.45) is 0 Å². The number of likely N-dealkylation sites (tertiary alicyclic amines) is 1. The van der Waals surface area contributed by atoms with Crippen LogP contribution in [0.4, 0.5) is 0 Å². The summed E-state index contributed by atoms with van der Waals surface area (Å²) < 4.78 is 0. The molecule has 0 radical (unpaired) electrons. The third kappa shape index (κ3) is 13.9. The largest absolute Gasteiger partial charge is 0.354 e.